The van der Waals surface area contributed by atoms with Crippen molar-refractivity contribution in [3.8, 4) is 33.8 Å². The highest BCUT2D eigenvalue weighted by atomic mass is 32.1. The van der Waals surface area contributed by atoms with Crippen molar-refractivity contribution < 1.29 is 9.76 Å². The van der Waals surface area contributed by atoms with Gasteiger partial charge in [-0.05, 0) is 68.6 Å². The number of hydrogen-bond acceptors (Lipinski definition) is 6. The monoisotopic (exact) mass is 647 g/mol. The van der Waals surface area contributed by atoms with Crippen LogP contribution in [0.4, 0.5) is 0 Å². The SMILES string of the molecule is CC(C)(O)C(C)(C)O[B]c1cc(-c2nc(-c3ccccc3)c3sc4ccccc4c3n2)ccc1-c1ccc2sc3ccccc3c2c1. The fourth-order valence-corrected chi connectivity index (χ4v) is 8.06. The van der Waals surface area contributed by atoms with Crippen LogP contribution in [0, 0.1) is 0 Å². The molecule has 0 saturated carbocycles. The Bertz CT molecular complexity index is 2440. The fourth-order valence-electron chi connectivity index (χ4n) is 5.82. The molecule has 8 rings (SSSR count). The third-order valence-corrected chi connectivity index (χ3v) is 11.5. The van der Waals surface area contributed by atoms with Gasteiger partial charge in [-0.25, -0.2) is 9.97 Å². The van der Waals surface area contributed by atoms with Gasteiger partial charge in [-0.3, -0.25) is 0 Å². The van der Waals surface area contributed by atoms with Gasteiger partial charge < -0.3 is 9.76 Å². The van der Waals surface area contributed by atoms with E-state index in [0.29, 0.717) is 5.82 Å². The molecule has 3 heterocycles. The number of aromatic nitrogens is 2. The lowest BCUT2D eigenvalue weighted by molar-refractivity contribution is -0.0893. The van der Waals surface area contributed by atoms with Gasteiger partial charge in [0.1, 0.15) is 0 Å². The summed E-state index contributed by atoms with van der Waals surface area (Å²) in [6.45, 7) is 7.35. The van der Waals surface area contributed by atoms with E-state index >= 15 is 0 Å². The Balaban J connectivity index is 1.31. The number of hydrogen-bond donors (Lipinski definition) is 1. The average molecular weight is 648 g/mol. The van der Waals surface area contributed by atoms with E-state index in [-0.39, 0.29) is 0 Å². The highest BCUT2D eigenvalue weighted by molar-refractivity contribution is 7.26. The van der Waals surface area contributed by atoms with Crippen molar-refractivity contribution >= 4 is 76.1 Å². The van der Waals surface area contributed by atoms with E-state index in [1.165, 1.54) is 24.9 Å². The molecule has 1 N–H and O–H groups in total. The molecule has 47 heavy (non-hydrogen) atoms. The van der Waals surface area contributed by atoms with E-state index in [4.69, 9.17) is 14.6 Å². The number of rotatable bonds is 7. The molecule has 0 amide bonds. The third kappa shape index (κ3) is 5.33. The summed E-state index contributed by atoms with van der Waals surface area (Å²) >= 11 is 3.54. The van der Waals surface area contributed by atoms with Crippen molar-refractivity contribution in [3.63, 3.8) is 0 Å². The number of fused-ring (bicyclic) bond motifs is 6. The molecule has 0 saturated heterocycles. The van der Waals surface area contributed by atoms with Crippen LogP contribution in [0.1, 0.15) is 27.7 Å². The minimum Gasteiger partial charge on any atom is -0.427 e. The minimum atomic E-state index is -1.06. The van der Waals surface area contributed by atoms with Crippen LogP contribution in [0.5, 0.6) is 0 Å². The van der Waals surface area contributed by atoms with E-state index in [0.717, 1.165) is 49.0 Å². The zero-order chi connectivity index (χ0) is 32.3. The average Bonchev–Trinajstić information content (AvgIpc) is 3.65. The van der Waals surface area contributed by atoms with Crippen molar-refractivity contribution in [2.75, 3.05) is 0 Å². The first-order valence-corrected chi connectivity index (χ1v) is 17.3. The Hall–Kier alpha value is -4.40. The van der Waals surface area contributed by atoms with E-state index < -0.39 is 11.2 Å². The van der Waals surface area contributed by atoms with E-state index in [1.54, 1.807) is 32.7 Å². The Morgan fingerprint density at radius 2 is 1.28 bits per heavy atom. The molecule has 0 atom stereocenters. The van der Waals surface area contributed by atoms with E-state index in [1.807, 2.05) is 43.4 Å². The molecule has 4 nitrogen and oxygen atoms in total. The molecular formula is C40H32BN2O2S2. The summed E-state index contributed by atoms with van der Waals surface area (Å²) in [5, 5.41) is 14.5. The zero-order valence-corrected chi connectivity index (χ0v) is 28.2. The summed E-state index contributed by atoms with van der Waals surface area (Å²) in [6, 6.07) is 40.3. The molecular weight excluding hydrogens is 615 g/mol. The lowest BCUT2D eigenvalue weighted by Crippen LogP contribution is -2.49. The predicted molar refractivity (Wildman–Crippen MR) is 201 cm³/mol. The normalized spacial score (nSPS) is 12.4. The highest BCUT2D eigenvalue weighted by Gasteiger charge is 2.36. The first-order valence-electron chi connectivity index (χ1n) is 15.7. The van der Waals surface area contributed by atoms with Gasteiger partial charge >= 0.3 is 7.48 Å². The van der Waals surface area contributed by atoms with Gasteiger partial charge in [0.2, 0.25) is 0 Å². The molecule has 1 radical (unpaired) electrons. The molecule has 0 bridgehead atoms. The van der Waals surface area contributed by atoms with Gasteiger partial charge in [0.05, 0.1) is 27.1 Å². The van der Waals surface area contributed by atoms with Crippen LogP contribution < -0.4 is 5.46 Å². The smallest absolute Gasteiger partial charge is 0.331 e. The van der Waals surface area contributed by atoms with Crippen LogP contribution in [0.2, 0.25) is 0 Å². The highest BCUT2D eigenvalue weighted by Crippen LogP contribution is 2.40. The van der Waals surface area contributed by atoms with Crippen molar-refractivity contribution in [2.24, 2.45) is 0 Å². The minimum absolute atomic E-state index is 0.655. The summed E-state index contributed by atoms with van der Waals surface area (Å²) in [5.74, 6) is 0.655. The maximum absolute atomic E-state index is 10.9. The summed E-state index contributed by atoms with van der Waals surface area (Å²) in [7, 11) is 1.78. The predicted octanol–water partition coefficient (Wildman–Crippen LogP) is 10.0. The lowest BCUT2D eigenvalue weighted by atomic mass is 9.78. The Kier molecular flexibility index (Phi) is 7.26. The molecule has 5 aromatic carbocycles. The van der Waals surface area contributed by atoms with Crippen LogP contribution in [-0.4, -0.2) is 33.8 Å². The Labute approximate surface area is 282 Å². The second-order valence-electron chi connectivity index (χ2n) is 13.0. The summed E-state index contributed by atoms with van der Waals surface area (Å²) in [4.78, 5) is 10.4. The first-order chi connectivity index (χ1) is 22.7. The van der Waals surface area contributed by atoms with Crippen LogP contribution in [0.15, 0.2) is 115 Å². The standard InChI is InChI=1S/C40H32BN2O2S2/c1-39(2,44)40(3,4)45-41-31-23-26(18-20-27(31)25-19-21-34-30(22-25)28-14-8-10-16-32(28)46-34)38-42-35(24-12-6-5-7-13-24)37-36(43-38)29-15-9-11-17-33(29)47-37/h5-23,44H,1-4H3. The van der Waals surface area contributed by atoms with Crippen LogP contribution in [0.3, 0.4) is 0 Å². The third-order valence-electron chi connectivity index (χ3n) is 9.22. The van der Waals surface area contributed by atoms with Crippen LogP contribution >= 0.6 is 22.7 Å². The van der Waals surface area contributed by atoms with Gasteiger partial charge in [-0.15, -0.1) is 22.7 Å². The lowest BCUT2D eigenvalue weighted by Gasteiger charge is -2.37. The van der Waals surface area contributed by atoms with Crippen molar-refractivity contribution in [1.82, 2.24) is 9.97 Å². The molecule has 8 aromatic rings. The first kappa shape index (κ1) is 30.0. The topological polar surface area (TPSA) is 55.2 Å². The van der Waals surface area contributed by atoms with E-state index in [2.05, 4.69) is 97.1 Å². The van der Waals surface area contributed by atoms with Crippen molar-refractivity contribution in [2.45, 2.75) is 38.9 Å². The Morgan fingerprint density at radius 3 is 2.04 bits per heavy atom. The largest absolute Gasteiger partial charge is 0.427 e. The quantitative estimate of drug-likeness (QED) is 0.175. The van der Waals surface area contributed by atoms with Gasteiger partial charge in [-0.2, -0.15) is 0 Å². The van der Waals surface area contributed by atoms with Gasteiger partial charge in [0.15, 0.2) is 5.82 Å². The molecule has 0 aliphatic carbocycles. The maximum Gasteiger partial charge on any atom is 0.331 e. The van der Waals surface area contributed by atoms with Gasteiger partial charge in [-0.1, -0.05) is 91.0 Å². The van der Waals surface area contributed by atoms with Crippen molar-refractivity contribution in [1.29, 1.82) is 0 Å². The number of nitrogens with zero attached hydrogens (tertiary/aromatic N) is 2. The fraction of sp³-hybridized carbons (Fsp3) is 0.150. The van der Waals surface area contributed by atoms with Crippen LogP contribution in [0.25, 0.3) is 74.2 Å². The molecule has 0 aliphatic rings. The molecule has 0 spiro atoms. The number of thiophene rings is 2. The number of aliphatic hydroxyl groups is 1. The Morgan fingerprint density at radius 1 is 0.617 bits per heavy atom. The summed E-state index contributed by atoms with van der Waals surface area (Å²) in [6.07, 6.45) is 0. The zero-order valence-electron chi connectivity index (χ0n) is 26.6. The van der Waals surface area contributed by atoms with Gasteiger partial charge in [0.25, 0.3) is 0 Å². The second-order valence-corrected chi connectivity index (χ2v) is 15.1. The van der Waals surface area contributed by atoms with E-state index in [9.17, 15) is 5.11 Å². The molecule has 0 aliphatic heterocycles. The second kappa shape index (κ2) is 11.4. The molecule has 0 fully saturated rings. The van der Waals surface area contributed by atoms with Gasteiger partial charge in [0, 0.05) is 41.4 Å². The van der Waals surface area contributed by atoms with Crippen LogP contribution in [-0.2, 0) is 4.65 Å². The molecule has 3 aromatic heterocycles. The van der Waals surface area contributed by atoms with Crippen molar-refractivity contribution in [3.05, 3.63) is 115 Å². The molecule has 7 heteroatoms. The summed E-state index contributed by atoms with van der Waals surface area (Å²) in [5.41, 5.74) is 4.95. The molecule has 0 unspecified atom stereocenters. The molecule has 229 valence electrons. The summed E-state index contributed by atoms with van der Waals surface area (Å²) < 4.78 is 11.2. The maximum atomic E-state index is 10.9. The number of benzene rings is 5.